The topological polar surface area (TPSA) is 59.9 Å². The Bertz CT molecular complexity index is 657. The second-order valence-corrected chi connectivity index (χ2v) is 7.01. The Labute approximate surface area is 156 Å². The van der Waals surface area contributed by atoms with Crippen LogP contribution in [0.3, 0.4) is 0 Å². The number of benzene rings is 1. The van der Waals surface area contributed by atoms with E-state index in [1.807, 2.05) is 31.2 Å². The molecule has 0 fully saturated rings. The van der Waals surface area contributed by atoms with Gasteiger partial charge in [0.15, 0.2) is 6.61 Å². The van der Waals surface area contributed by atoms with E-state index in [1.165, 1.54) is 0 Å². The average molecular weight is 358 g/mol. The molecule has 0 aliphatic heterocycles. The van der Waals surface area contributed by atoms with Crippen molar-refractivity contribution < 1.29 is 14.3 Å². The molecule has 1 rings (SSSR count). The van der Waals surface area contributed by atoms with E-state index >= 15 is 0 Å². The van der Waals surface area contributed by atoms with Crippen molar-refractivity contribution >= 4 is 12.1 Å². The number of nitrogens with zero attached hydrogens (tertiary/aromatic N) is 1. The van der Waals surface area contributed by atoms with Gasteiger partial charge in [0.05, 0.1) is 19.9 Å². The minimum atomic E-state index is -0.176. The van der Waals surface area contributed by atoms with Gasteiger partial charge in [-0.25, -0.2) is 0 Å². The maximum absolute atomic E-state index is 12.1. The largest absolute Gasteiger partial charge is 0.495 e. The van der Waals surface area contributed by atoms with Gasteiger partial charge >= 0.3 is 0 Å². The fourth-order valence-corrected chi connectivity index (χ4v) is 2.30. The number of hydrogen-bond donors (Lipinski definition) is 1. The van der Waals surface area contributed by atoms with Crippen LogP contribution >= 0.6 is 0 Å². The Kier molecular flexibility index (Phi) is 8.62. The van der Waals surface area contributed by atoms with Crippen molar-refractivity contribution in [3.8, 4) is 5.75 Å². The summed E-state index contributed by atoms with van der Waals surface area (Å²) in [4.78, 5) is 16.4. The zero-order valence-corrected chi connectivity index (χ0v) is 16.4. The van der Waals surface area contributed by atoms with Crippen LogP contribution < -0.4 is 10.1 Å². The first-order valence-electron chi connectivity index (χ1n) is 8.66. The molecule has 0 saturated carbocycles. The van der Waals surface area contributed by atoms with E-state index in [0.717, 1.165) is 11.3 Å². The van der Waals surface area contributed by atoms with Crippen molar-refractivity contribution in [2.24, 2.45) is 4.99 Å². The molecule has 0 heterocycles. The number of amides is 1. The van der Waals surface area contributed by atoms with Gasteiger partial charge in [-0.15, -0.1) is 0 Å². The van der Waals surface area contributed by atoms with E-state index in [1.54, 1.807) is 25.5 Å². The maximum Gasteiger partial charge on any atom is 0.258 e. The highest BCUT2D eigenvalue weighted by Gasteiger charge is 2.19. The predicted molar refractivity (Wildman–Crippen MR) is 107 cm³/mol. The fraction of sp³-hybridized carbons (Fsp3) is 0.429. The van der Waals surface area contributed by atoms with Crippen LogP contribution in [0.25, 0.3) is 0 Å². The van der Waals surface area contributed by atoms with E-state index in [9.17, 15) is 4.79 Å². The summed E-state index contributed by atoms with van der Waals surface area (Å²) in [5.74, 6) is 1.17. The first kappa shape index (κ1) is 21.5. The first-order valence-corrected chi connectivity index (χ1v) is 8.66. The van der Waals surface area contributed by atoms with Crippen molar-refractivity contribution in [3.63, 3.8) is 0 Å². The zero-order chi connectivity index (χ0) is 19.6. The number of hydrogen-bond acceptors (Lipinski definition) is 4. The number of allylic oxidation sites excluding steroid dienone is 3. The van der Waals surface area contributed by atoms with Gasteiger partial charge in [0.25, 0.3) is 5.91 Å². The Morgan fingerprint density at radius 1 is 1.35 bits per heavy atom. The van der Waals surface area contributed by atoms with Crippen LogP contribution in [-0.4, -0.2) is 38.4 Å². The number of rotatable bonds is 9. The monoisotopic (exact) mass is 358 g/mol. The second-order valence-electron chi connectivity index (χ2n) is 7.01. The van der Waals surface area contributed by atoms with Gasteiger partial charge in [0.1, 0.15) is 11.5 Å². The molecule has 0 aliphatic carbocycles. The summed E-state index contributed by atoms with van der Waals surface area (Å²) in [6, 6.07) is 7.68. The normalized spacial score (nSPS) is 13.3. The molecule has 142 valence electrons. The van der Waals surface area contributed by atoms with Gasteiger partial charge in [-0.1, -0.05) is 51.6 Å². The molecule has 5 nitrogen and oxygen atoms in total. The third kappa shape index (κ3) is 7.55. The Morgan fingerprint density at radius 2 is 2.04 bits per heavy atom. The van der Waals surface area contributed by atoms with E-state index in [0.29, 0.717) is 12.3 Å². The zero-order valence-electron chi connectivity index (χ0n) is 16.4. The summed E-state index contributed by atoms with van der Waals surface area (Å²) in [5.41, 5.74) is 1.03. The summed E-state index contributed by atoms with van der Waals surface area (Å²) in [6.45, 7) is 12.3. The van der Waals surface area contributed by atoms with Crippen LogP contribution in [-0.2, 0) is 14.9 Å². The summed E-state index contributed by atoms with van der Waals surface area (Å²) in [5, 5.41) is 2.87. The van der Waals surface area contributed by atoms with Gasteiger partial charge in [-0.3, -0.25) is 9.79 Å². The second kappa shape index (κ2) is 10.4. The van der Waals surface area contributed by atoms with Crippen LogP contribution in [0.2, 0.25) is 0 Å². The number of para-hydroxylation sites is 1. The molecule has 1 atom stereocenters. The molecule has 1 N–H and O–H groups in total. The van der Waals surface area contributed by atoms with E-state index < -0.39 is 0 Å². The van der Waals surface area contributed by atoms with Crippen LogP contribution in [0.4, 0.5) is 0 Å². The van der Waals surface area contributed by atoms with Crippen molar-refractivity contribution in [2.75, 3.05) is 20.3 Å². The van der Waals surface area contributed by atoms with Crippen LogP contribution in [0.15, 0.2) is 53.7 Å². The summed E-state index contributed by atoms with van der Waals surface area (Å²) in [7, 11) is 1.57. The molecule has 0 aliphatic rings. The van der Waals surface area contributed by atoms with Crippen LogP contribution in [0.1, 0.15) is 33.3 Å². The van der Waals surface area contributed by atoms with Gasteiger partial charge < -0.3 is 14.8 Å². The number of aliphatic imine (C=N–C) groups is 1. The molecule has 1 unspecified atom stereocenters. The van der Waals surface area contributed by atoms with Crippen molar-refractivity contribution in [1.29, 1.82) is 0 Å². The lowest BCUT2D eigenvalue weighted by molar-refractivity contribution is -0.123. The molecule has 1 aromatic rings. The standard InChI is InChI=1S/C21H30N2O3/c1-7-10-17(25-6)14-22-13-16(2)23-20(24)15-26-19-12-9-8-11-18(19)21(3,4)5/h7-12,14,16H,1,13,15H2,2-6H3,(H,23,24)/b17-10+,22-14-. The molecule has 0 bridgehead atoms. The fourth-order valence-electron chi connectivity index (χ4n) is 2.30. The summed E-state index contributed by atoms with van der Waals surface area (Å²) in [6.07, 6.45) is 4.95. The highest BCUT2D eigenvalue weighted by molar-refractivity contribution is 5.78. The van der Waals surface area contributed by atoms with E-state index in [2.05, 4.69) is 37.7 Å². The highest BCUT2D eigenvalue weighted by atomic mass is 16.5. The minimum Gasteiger partial charge on any atom is -0.495 e. The minimum absolute atomic E-state index is 0.0269. The third-order valence-corrected chi connectivity index (χ3v) is 3.58. The SMILES string of the molecule is C=C/C=C(\C=N/CC(C)NC(=O)COc1ccccc1C(C)(C)C)OC. The van der Waals surface area contributed by atoms with Gasteiger partial charge in [-0.2, -0.15) is 0 Å². The van der Waals surface area contributed by atoms with E-state index in [4.69, 9.17) is 9.47 Å². The predicted octanol–water partition coefficient (Wildman–Crippen LogP) is 3.65. The Morgan fingerprint density at radius 3 is 2.65 bits per heavy atom. The van der Waals surface area contributed by atoms with Crippen molar-refractivity contribution in [3.05, 3.63) is 54.3 Å². The lowest BCUT2D eigenvalue weighted by Crippen LogP contribution is -2.38. The lowest BCUT2D eigenvalue weighted by atomic mass is 9.86. The molecule has 1 amide bonds. The van der Waals surface area contributed by atoms with Gasteiger partial charge in [0, 0.05) is 6.04 Å². The molecule has 0 radical (unpaired) electrons. The Hall–Kier alpha value is -2.56. The molecule has 1 aromatic carbocycles. The smallest absolute Gasteiger partial charge is 0.258 e. The molecule has 0 aromatic heterocycles. The number of carbonyl (C=O) groups is 1. The highest BCUT2D eigenvalue weighted by Crippen LogP contribution is 2.30. The van der Waals surface area contributed by atoms with Crippen molar-refractivity contribution in [1.82, 2.24) is 5.32 Å². The van der Waals surface area contributed by atoms with Crippen LogP contribution in [0, 0.1) is 0 Å². The molecular weight excluding hydrogens is 328 g/mol. The molecule has 5 heteroatoms. The molecule has 26 heavy (non-hydrogen) atoms. The lowest BCUT2D eigenvalue weighted by Gasteiger charge is -2.22. The Balaban J connectivity index is 2.51. The van der Waals surface area contributed by atoms with Crippen LogP contribution in [0.5, 0.6) is 5.75 Å². The number of methoxy groups -OCH3 is 1. The molecule has 0 saturated heterocycles. The summed E-state index contributed by atoms with van der Waals surface area (Å²) >= 11 is 0. The summed E-state index contributed by atoms with van der Waals surface area (Å²) < 4.78 is 10.8. The molecule has 0 spiro atoms. The van der Waals surface area contributed by atoms with E-state index in [-0.39, 0.29) is 24.0 Å². The van der Waals surface area contributed by atoms with Gasteiger partial charge in [-0.05, 0) is 30.0 Å². The number of ether oxygens (including phenoxy) is 2. The first-order chi connectivity index (χ1) is 12.3. The molecular formula is C21H30N2O3. The van der Waals surface area contributed by atoms with Crippen molar-refractivity contribution in [2.45, 2.75) is 39.2 Å². The quantitative estimate of drug-likeness (QED) is 0.416. The number of carbonyl (C=O) groups excluding carboxylic acids is 1. The van der Waals surface area contributed by atoms with Gasteiger partial charge in [0.2, 0.25) is 0 Å². The average Bonchev–Trinajstić information content (AvgIpc) is 2.58. The third-order valence-electron chi connectivity index (χ3n) is 3.58. The maximum atomic E-state index is 12.1. The number of nitrogens with one attached hydrogen (secondary N) is 1.